The summed E-state index contributed by atoms with van der Waals surface area (Å²) in [5, 5.41) is 0. The van der Waals surface area contributed by atoms with Gasteiger partial charge in [0, 0.05) is 6.42 Å². The highest BCUT2D eigenvalue weighted by molar-refractivity contribution is 6.08. The van der Waals surface area contributed by atoms with Gasteiger partial charge in [-0.25, -0.2) is 4.98 Å². The number of carbonyl (C=O) groups excluding carboxylic acids is 3. The number of unbranched alkanes of at least 4 members (excludes halogenated alkanes) is 1. The van der Waals surface area contributed by atoms with Crippen LogP contribution in [0.4, 0.5) is 0 Å². The van der Waals surface area contributed by atoms with Crippen LogP contribution < -0.4 is 4.74 Å². The highest BCUT2D eigenvalue weighted by Crippen LogP contribution is 2.17. The smallest absolute Gasteiger partial charge is 0.305 e. The fourth-order valence-electron chi connectivity index (χ4n) is 2.11. The number of ketones is 2. The van der Waals surface area contributed by atoms with E-state index in [1.54, 1.807) is 6.92 Å². The number of carbonyl (C=O) groups is 3. The van der Waals surface area contributed by atoms with Crippen LogP contribution in [-0.4, -0.2) is 41.2 Å². The van der Waals surface area contributed by atoms with Crippen LogP contribution in [0.25, 0.3) is 0 Å². The fourth-order valence-corrected chi connectivity index (χ4v) is 2.11. The van der Waals surface area contributed by atoms with Crippen molar-refractivity contribution >= 4 is 17.5 Å². The van der Waals surface area contributed by atoms with E-state index in [2.05, 4.69) is 9.97 Å². The molecule has 0 aliphatic carbocycles. The van der Waals surface area contributed by atoms with Crippen molar-refractivity contribution in [3.63, 3.8) is 0 Å². The molecule has 126 valence electrons. The van der Waals surface area contributed by atoms with Crippen LogP contribution in [0.5, 0.6) is 5.88 Å². The van der Waals surface area contributed by atoms with E-state index >= 15 is 0 Å². The van der Waals surface area contributed by atoms with Gasteiger partial charge in [-0.3, -0.25) is 19.4 Å². The molecule has 1 aromatic rings. The summed E-state index contributed by atoms with van der Waals surface area (Å²) >= 11 is 0. The van der Waals surface area contributed by atoms with E-state index in [-0.39, 0.29) is 35.5 Å². The van der Waals surface area contributed by atoms with Gasteiger partial charge in [-0.2, -0.15) is 0 Å². The Labute approximate surface area is 135 Å². The van der Waals surface area contributed by atoms with Gasteiger partial charge in [0.15, 0.2) is 5.78 Å². The molecule has 0 fully saturated rings. The second-order valence-electron chi connectivity index (χ2n) is 5.02. The van der Waals surface area contributed by atoms with Crippen LogP contribution in [0.3, 0.4) is 0 Å². The molecule has 0 N–H and O–H groups in total. The van der Waals surface area contributed by atoms with E-state index in [1.807, 2.05) is 0 Å². The zero-order chi connectivity index (χ0) is 17.2. The van der Waals surface area contributed by atoms with Gasteiger partial charge >= 0.3 is 5.97 Å². The van der Waals surface area contributed by atoms with Crippen LogP contribution in [-0.2, 0) is 14.3 Å². The molecule has 0 aliphatic heterocycles. The van der Waals surface area contributed by atoms with Crippen molar-refractivity contribution in [1.82, 2.24) is 9.97 Å². The summed E-state index contributed by atoms with van der Waals surface area (Å²) in [7, 11) is 1.43. The summed E-state index contributed by atoms with van der Waals surface area (Å²) in [6.45, 7) is 3.47. The van der Waals surface area contributed by atoms with Crippen LogP contribution in [0.1, 0.15) is 50.0 Å². The third-order valence-electron chi connectivity index (χ3n) is 3.31. The molecule has 7 nitrogen and oxygen atoms in total. The maximum atomic E-state index is 12.4. The molecule has 0 aromatic carbocycles. The van der Waals surface area contributed by atoms with Gasteiger partial charge in [0.2, 0.25) is 5.88 Å². The number of methoxy groups -OCH3 is 1. The lowest BCUT2D eigenvalue weighted by Crippen LogP contribution is -2.23. The molecular weight excluding hydrogens is 300 g/mol. The minimum absolute atomic E-state index is 0.106. The Bertz CT molecular complexity index is 559. The van der Waals surface area contributed by atoms with Crippen LogP contribution >= 0.6 is 0 Å². The zero-order valence-corrected chi connectivity index (χ0v) is 13.7. The first kappa shape index (κ1) is 18.7. The molecule has 7 heteroatoms. The lowest BCUT2D eigenvalue weighted by molar-refractivity contribution is -0.143. The largest absolute Gasteiger partial charge is 0.480 e. The summed E-state index contributed by atoms with van der Waals surface area (Å²) < 4.78 is 9.76. The molecular formula is C16H22N2O5. The molecule has 1 aromatic heterocycles. The minimum atomic E-state index is -0.779. The predicted octanol–water partition coefficient (Wildman–Crippen LogP) is 2.00. The average molecular weight is 322 g/mol. The normalized spacial score (nSPS) is 11.6. The van der Waals surface area contributed by atoms with Gasteiger partial charge in [0.05, 0.1) is 32.0 Å². The highest BCUT2D eigenvalue weighted by Gasteiger charge is 2.25. The Balaban J connectivity index is 2.61. The maximum absolute atomic E-state index is 12.4. The molecule has 0 bridgehead atoms. The zero-order valence-electron chi connectivity index (χ0n) is 13.7. The molecule has 0 spiro atoms. The van der Waals surface area contributed by atoms with Crippen molar-refractivity contribution in [3.8, 4) is 5.88 Å². The number of ether oxygens (including phenoxy) is 2. The second kappa shape index (κ2) is 9.66. The summed E-state index contributed by atoms with van der Waals surface area (Å²) in [5.41, 5.74) is 0.106. The molecule has 0 aliphatic rings. The molecule has 1 unspecified atom stereocenters. The molecule has 1 rings (SSSR count). The first-order valence-corrected chi connectivity index (χ1v) is 7.55. The van der Waals surface area contributed by atoms with Crippen LogP contribution in [0.15, 0.2) is 12.4 Å². The monoisotopic (exact) mass is 322 g/mol. The number of nitrogens with zero attached hydrogens (tertiary/aromatic N) is 2. The number of esters is 1. The van der Waals surface area contributed by atoms with Gasteiger partial charge < -0.3 is 9.47 Å². The number of hydrogen-bond acceptors (Lipinski definition) is 7. The Kier molecular flexibility index (Phi) is 7.87. The average Bonchev–Trinajstić information content (AvgIpc) is 2.54. The molecule has 0 radical (unpaired) electrons. The summed E-state index contributed by atoms with van der Waals surface area (Å²) in [6, 6.07) is 0. The minimum Gasteiger partial charge on any atom is -0.480 e. The van der Waals surface area contributed by atoms with E-state index in [4.69, 9.17) is 9.47 Å². The molecule has 1 atom stereocenters. The Morgan fingerprint density at radius 2 is 1.96 bits per heavy atom. The first-order chi connectivity index (χ1) is 11.0. The van der Waals surface area contributed by atoms with Crippen molar-refractivity contribution in [1.29, 1.82) is 0 Å². The van der Waals surface area contributed by atoms with Crippen LogP contribution in [0.2, 0.25) is 0 Å². The van der Waals surface area contributed by atoms with Crippen LogP contribution in [0, 0.1) is 5.92 Å². The standard InChI is InChI=1S/C16H22N2O5/c1-4-23-15(20)8-6-5-7-12(11(2)19)16(21)13-9-17-10-14(18-13)22-3/h9-10,12H,4-8H2,1-3H3. The molecule has 0 saturated heterocycles. The van der Waals surface area contributed by atoms with E-state index in [1.165, 1.54) is 26.4 Å². The number of aromatic nitrogens is 2. The van der Waals surface area contributed by atoms with Gasteiger partial charge in [-0.1, -0.05) is 6.42 Å². The van der Waals surface area contributed by atoms with Crippen molar-refractivity contribution < 1.29 is 23.9 Å². The quantitative estimate of drug-likeness (QED) is 0.281. The molecule has 0 saturated carbocycles. The third-order valence-corrected chi connectivity index (χ3v) is 3.31. The summed E-state index contributed by atoms with van der Waals surface area (Å²) in [6.07, 6.45) is 4.50. The SMILES string of the molecule is CCOC(=O)CCCCC(C(C)=O)C(=O)c1cncc(OC)n1. The Morgan fingerprint density at radius 3 is 2.57 bits per heavy atom. The number of hydrogen-bond donors (Lipinski definition) is 0. The lowest BCUT2D eigenvalue weighted by atomic mass is 9.91. The molecule has 0 amide bonds. The van der Waals surface area contributed by atoms with Gasteiger partial charge in [0.25, 0.3) is 0 Å². The summed E-state index contributed by atoms with van der Waals surface area (Å²) in [4.78, 5) is 43.3. The van der Waals surface area contributed by atoms with E-state index in [9.17, 15) is 14.4 Å². The second-order valence-corrected chi connectivity index (χ2v) is 5.02. The highest BCUT2D eigenvalue weighted by atomic mass is 16.5. The first-order valence-electron chi connectivity index (χ1n) is 7.55. The number of rotatable bonds is 10. The lowest BCUT2D eigenvalue weighted by Gasteiger charge is -2.12. The predicted molar refractivity (Wildman–Crippen MR) is 82.2 cm³/mol. The Hall–Kier alpha value is -2.31. The third kappa shape index (κ3) is 6.14. The van der Waals surface area contributed by atoms with Gasteiger partial charge in [-0.15, -0.1) is 0 Å². The van der Waals surface area contributed by atoms with E-state index in [0.717, 1.165) is 0 Å². The van der Waals surface area contributed by atoms with Crippen molar-refractivity contribution in [3.05, 3.63) is 18.1 Å². The van der Waals surface area contributed by atoms with E-state index in [0.29, 0.717) is 25.9 Å². The summed E-state index contributed by atoms with van der Waals surface area (Å²) in [5.74, 6) is -1.42. The van der Waals surface area contributed by atoms with Crippen molar-refractivity contribution in [2.24, 2.45) is 5.92 Å². The molecule has 1 heterocycles. The van der Waals surface area contributed by atoms with Crippen molar-refractivity contribution in [2.75, 3.05) is 13.7 Å². The fraction of sp³-hybridized carbons (Fsp3) is 0.562. The molecule has 23 heavy (non-hydrogen) atoms. The maximum Gasteiger partial charge on any atom is 0.305 e. The van der Waals surface area contributed by atoms with E-state index < -0.39 is 5.92 Å². The number of Topliss-reactive ketones (excluding diaryl/α,β-unsaturated/α-hetero) is 2. The Morgan fingerprint density at radius 1 is 1.22 bits per heavy atom. The van der Waals surface area contributed by atoms with Gasteiger partial charge in [-0.05, 0) is 26.7 Å². The van der Waals surface area contributed by atoms with Crippen molar-refractivity contribution in [2.45, 2.75) is 39.5 Å². The van der Waals surface area contributed by atoms with Gasteiger partial charge in [0.1, 0.15) is 11.5 Å². The topological polar surface area (TPSA) is 95.5 Å².